The molecule has 1 rings (SSSR count). The lowest BCUT2D eigenvalue weighted by molar-refractivity contribution is -0.0316. The van der Waals surface area contributed by atoms with Gasteiger partial charge >= 0.3 is 0 Å². The lowest BCUT2D eigenvalue weighted by atomic mass is 10.1. The van der Waals surface area contributed by atoms with Gasteiger partial charge in [-0.15, -0.1) is 0 Å². The maximum absolute atomic E-state index is 6.37. The van der Waals surface area contributed by atoms with Crippen LogP contribution in [0.4, 0.5) is 0 Å². The zero-order valence-electron chi connectivity index (χ0n) is 31.1. The lowest BCUT2D eigenvalue weighted by Crippen LogP contribution is -2.35. The second kappa shape index (κ2) is 36.7. The van der Waals surface area contributed by atoms with E-state index in [-0.39, 0.29) is 6.10 Å². The van der Waals surface area contributed by atoms with Crippen molar-refractivity contribution in [3.05, 3.63) is 48.6 Å². The van der Waals surface area contributed by atoms with E-state index in [4.69, 9.17) is 9.47 Å². The SMILES string of the molecule is CCCCCC=CCC=CCCCCCCCCOC[C@H](CN1CCCC1)OCCCCCCCCC=CCC=CCCCCC. The minimum Gasteiger partial charge on any atom is -0.379 e. The second-order valence-corrected chi connectivity index (χ2v) is 13.7. The fraction of sp³-hybridized carbons (Fsp3) is 0.814. The van der Waals surface area contributed by atoms with E-state index in [1.54, 1.807) is 0 Å². The van der Waals surface area contributed by atoms with Crippen molar-refractivity contribution in [1.29, 1.82) is 0 Å². The van der Waals surface area contributed by atoms with Crippen LogP contribution in [0.15, 0.2) is 48.6 Å². The van der Waals surface area contributed by atoms with Crippen LogP contribution in [-0.4, -0.2) is 50.5 Å². The van der Waals surface area contributed by atoms with Gasteiger partial charge in [0.1, 0.15) is 0 Å². The highest BCUT2D eigenvalue weighted by molar-refractivity contribution is 4.93. The zero-order chi connectivity index (χ0) is 32.9. The summed E-state index contributed by atoms with van der Waals surface area (Å²) in [5.41, 5.74) is 0. The number of hydrogen-bond donors (Lipinski definition) is 0. The third-order valence-corrected chi connectivity index (χ3v) is 9.15. The zero-order valence-corrected chi connectivity index (χ0v) is 31.1. The molecule has 1 heterocycles. The van der Waals surface area contributed by atoms with Gasteiger partial charge < -0.3 is 14.4 Å². The van der Waals surface area contributed by atoms with Gasteiger partial charge in [0.15, 0.2) is 0 Å². The van der Waals surface area contributed by atoms with Gasteiger partial charge in [-0.3, -0.25) is 0 Å². The summed E-state index contributed by atoms with van der Waals surface area (Å²) in [5.74, 6) is 0. The smallest absolute Gasteiger partial charge is 0.0934 e. The van der Waals surface area contributed by atoms with Crippen LogP contribution in [0.3, 0.4) is 0 Å². The van der Waals surface area contributed by atoms with Crippen LogP contribution >= 0.6 is 0 Å². The Morgan fingerprint density at radius 2 is 0.891 bits per heavy atom. The van der Waals surface area contributed by atoms with E-state index in [0.717, 1.165) is 39.2 Å². The molecule has 3 heteroatoms. The second-order valence-electron chi connectivity index (χ2n) is 13.7. The van der Waals surface area contributed by atoms with Gasteiger partial charge in [0.2, 0.25) is 0 Å². The van der Waals surface area contributed by atoms with Crippen molar-refractivity contribution in [3.63, 3.8) is 0 Å². The van der Waals surface area contributed by atoms with Crippen molar-refractivity contribution >= 4 is 0 Å². The Bertz CT molecular complexity index is 706. The quantitative estimate of drug-likeness (QED) is 0.0508. The standard InChI is InChI=1S/C43H79NO2/c1-3-5-7-9-11-13-15-17-19-21-23-25-27-29-31-35-39-45-42-43(41-44-37-33-34-38-44)46-40-36-32-30-28-26-24-22-20-18-16-14-12-10-8-6-4-2/h11-14,17-20,43H,3-10,15-16,21-42H2,1-2H3/t43-/m0/s1. The summed E-state index contributed by atoms with van der Waals surface area (Å²) in [5, 5.41) is 0. The molecule has 0 unspecified atom stereocenters. The van der Waals surface area contributed by atoms with E-state index in [2.05, 4.69) is 67.4 Å². The van der Waals surface area contributed by atoms with Crippen LogP contribution in [0.1, 0.15) is 181 Å². The van der Waals surface area contributed by atoms with Gasteiger partial charge in [0, 0.05) is 19.8 Å². The lowest BCUT2D eigenvalue weighted by Gasteiger charge is -2.24. The molecule has 0 aromatic heterocycles. The fourth-order valence-corrected chi connectivity index (χ4v) is 6.15. The number of ether oxygens (including phenoxy) is 2. The van der Waals surface area contributed by atoms with E-state index in [1.807, 2.05) is 0 Å². The van der Waals surface area contributed by atoms with Gasteiger partial charge in [-0.2, -0.15) is 0 Å². The molecule has 0 bridgehead atoms. The van der Waals surface area contributed by atoms with Crippen molar-refractivity contribution in [2.75, 3.05) is 39.5 Å². The van der Waals surface area contributed by atoms with Crippen molar-refractivity contribution in [2.24, 2.45) is 0 Å². The average molecular weight is 642 g/mol. The predicted octanol–water partition coefficient (Wildman–Crippen LogP) is 13.1. The van der Waals surface area contributed by atoms with Crippen molar-refractivity contribution < 1.29 is 9.47 Å². The van der Waals surface area contributed by atoms with Crippen LogP contribution in [0.25, 0.3) is 0 Å². The molecule has 0 saturated carbocycles. The van der Waals surface area contributed by atoms with Gasteiger partial charge in [0.25, 0.3) is 0 Å². The molecule has 1 aliphatic rings. The molecular weight excluding hydrogens is 562 g/mol. The average Bonchev–Trinajstić information content (AvgIpc) is 3.58. The van der Waals surface area contributed by atoms with Crippen LogP contribution in [-0.2, 0) is 9.47 Å². The normalized spacial score (nSPS) is 15.2. The summed E-state index contributed by atoms with van der Waals surface area (Å²) in [7, 11) is 0. The molecule has 0 N–H and O–H groups in total. The Kier molecular flexibility index (Phi) is 34.2. The molecule has 1 atom stereocenters. The first-order chi connectivity index (χ1) is 22.9. The molecule has 0 aliphatic carbocycles. The largest absolute Gasteiger partial charge is 0.379 e. The van der Waals surface area contributed by atoms with E-state index in [9.17, 15) is 0 Å². The molecule has 3 nitrogen and oxygen atoms in total. The third-order valence-electron chi connectivity index (χ3n) is 9.15. The van der Waals surface area contributed by atoms with Crippen LogP contribution in [0.2, 0.25) is 0 Å². The Labute approximate surface area is 288 Å². The minimum atomic E-state index is 0.237. The molecule has 0 spiro atoms. The molecule has 268 valence electrons. The third kappa shape index (κ3) is 31.4. The Morgan fingerprint density at radius 1 is 0.478 bits per heavy atom. The van der Waals surface area contributed by atoms with Gasteiger partial charge in [-0.25, -0.2) is 0 Å². The summed E-state index contributed by atoms with van der Waals surface area (Å²) in [4.78, 5) is 2.58. The van der Waals surface area contributed by atoms with Crippen LogP contribution < -0.4 is 0 Å². The first-order valence-electron chi connectivity index (χ1n) is 20.4. The Hall–Kier alpha value is -1.16. The number of rotatable bonds is 35. The summed E-state index contributed by atoms with van der Waals surface area (Å²) in [6.45, 7) is 10.6. The molecule has 46 heavy (non-hydrogen) atoms. The Balaban J connectivity index is 1.97. The van der Waals surface area contributed by atoms with E-state index >= 15 is 0 Å². The summed E-state index contributed by atoms with van der Waals surface area (Å²) in [6, 6.07) is 0. The van der Waals surface area contributed by atoms with Gasteiger partial charge in [-0.05, 0) is 103 Å². The molecule has 1 saturated heterocycles. The predicted molar refractivity (Wildman–Crippen MR) is 205 cm³/mol. The van der Waals surface area contributed by atoms with E-state index in [0.29, 0.717) is 0 Å². The topological polar surface area (TPSA) is 21.7 Å². The number of nitrogens with zero attached hydrogens (tertiary/aromatic N) is 1. The van der Waals surface area contributed by atoms with Crippen molar-refractivity contribution in [3.8, 4) is 0 Å². The maximum atomic E-state index is 6.37. The molecule has 0 radical (unpaired) electrons. The summed E-state index contributed by atoms with van der Waals surface area (Å²) < 4.78 is 12.5. The van der Waals surface area contributed by atoms with Crippen LogP contribution in [0.5, 0.6) is 0 Å². The number of likely N-dealkylation sites (tertiary alicyclic amines) is 1. The molecular formula is C43H79NO2. The molecule has 0 amide bonds. The van der Waals surface area contributed by atoms with E-state index < -0.39 is 0 Å². The molecule has 0 aromatic carbocycles. The van der Waals surface area contributed by atoms with Gasteiger partial charge in [-0.1, -0.05) is 140 Å². The molecule has 1 aliphatic heterocycles. The molecule has 0 aromatic rings. The van der Waals surface area contributed by atoms with E-state index in [1.165, 1.54) is 167 Å². The highest BCUT2D eigenvalue weighted by Gasteiger charge is 2.18. The fourth-order valence-electron chi connectivity index (χ4n) is 6.15. The monoisotopic (exact) mass is 642 g/mol. The highest BCUT2D eigenvalue weighted by atomic mass is 16.5. The van der Waals surface area contributed by atoms with Crippen molar-refractivity contribution in [1.82, 2.24) is 4.90 Å². The van der Waals surface area contributed by atoms with Crippen LogP contribution in [0, 0.1) is 0 Å². The number of hydrogen-bond acceptors (Lipinski definition) is 3. The minimum absolute atomic E-state index is 0.237. The van der Waals surface area contributed by atoms with Gasteiger partial charge in [0.05, 0.1) is 12.7 Å². The molecule has 1 fully saturated rings. The Morgan fingerprint density at radius 3 is 1.37 bits per heavy atom. The number of unbranched alkanes of at least 4 members (excludes halogenated alkanes) is 18. The highest BCUT2D eigenvalue weighted by Crippen LogP contribution is 2.13. The summed E-state index contributed by atoms with van der Waals surface area (Å²) in [6.07, 6.45) is 52.7. The van der Waals surface area contributed by atoms with Crippen molar-refractivity contribution in [2.45, 2.75) is 187 Å². The maximum Gasteiger partial charge on any atom is 0.0934 e. The first kappa shape index (κ1) is 42.9. The summed E-state index contributed by atoms with van der Waals surface area (Å²) >= 11 is 0. The first-order valence-corrected chi connectivity index (χ1v) is 20.4. The number of allylic oxidation sites excluding steroid dienone is 8.